The maximum atomic E-state index is 13.2. The Morgan fingerprint density at radius 2 is 2.29 bits per heavy atom. The molecular formula is C18H24FN3O2. The smallest absolute Gasteiger partial charge is 0.126 e. The molecule has 1 atom stereocenters. The quantitative estimate of drug-likeness (QED) is 0.846. The molecule has 1 fully saturated rings. The number of hydrogen-bond donors (Lipinski definition) is 1. The summed E-state index contributed by atoms with van der Waals surface area (Å²) in [5, 5.41) is 15.0. The molecule has 0 radical (unpaired) electrons. The fourth-order valence-electron chi connectivity index (χ4n) is 3.07. The Morgan fingerprint density at radius 3 is 3.08 bits per heavy atom. The predicted molar refractivity (Wildman–Crippen MR) is 89.3 cm³/mol. The van der Waals surface area contributed by atoms with Gasteiger partial charge in [0.25, 0.3) is 0 Å². The number of halogens is 1. The van der Waals surface area contributed by atoms with E-state index in [4.69, 9.17) is 4.74 Å². The molecule has 0 amide bonds. The monoisotopic (exact) mass is 333 g/mol. The lowest BCUT2D eigenvalue weighted by atomic mass is 10.1. The van der Waals surface area contributed by atoms with Crippen LogP contribution in [0.1, 0.15) is 25.3 Å². The van der Waals surface area contributed by atoms with Crippen LogP contribution < -0.4 is 4.74 Å². The SMILES string of the molecule is CCCn1cc(CN2CC[C@](O)(COc3cccc(F)c3)C2)cn1. The van der Waals surface area contributed by atoms with Crippen LogP contribution in [0.25, 0.3) is 0 Å². The maximum Gasteiger partial charge on any atom is 0.126 e. The van der Waals surface area contributed by atoms with Gasteiger partial charge in [-0.1, -0.05) is 13.0 Å². The highest BCUT2D eigenvalue weighted by molar-refractivity contribution is 5.22. The number of benzene rings is 1. The van der Waals surface area contributed by atoms with E-state index in [1.54, 1.807) is 12.1 Å². The van der Waals surface area contributed by atoms with Crippen molar-refractivity contribution < 1.29 is 14.2 Å². The van der Waals surface area contributed by atoms with Crippen molar-refractivity contribution in [3.8, 4) is 5.75 Å². The van der Waals surface area contributed by atoms with E-state index in [0.29, 0.717) is 18.7 Å². The summed E-state index contributed by atoms with van der Waals surface area (Å²) in [5.41, 5.74) is 0.255. The summed E-state index contributed by atoms with van der Waals surface area (Å²) in [7, 11) is 0. The number of rotatable bonds is 7. The van der Waals surface area contributed by atoms with Gasteiger partial charge in [0.15, 0.2) is 0 Å². The Labute approximate surface area is 141 Å². The minimum absolute atomic E-state index is 0.169. The molecule has 3 rings (SSSR count). The van der Waals surface area contributed by atoms with Gasteiger partial charge in [-0.05, 0) is 25.0 Å². The van der Waals surface area contributed by atoms with Crippen LogP contribution in [0, 0.1) is 5.82 Å². The lowest BCUT2D eigenvalue weighted by Gasteiger charge is -2.23. The Morgan fingerprint density at radius 1 is 1.42 bits per heavy atom. The molecule has 1 saturated heterocycles. The molecule has 130 valence electrons. The number of hydrogen-bond acceptors (Lipinski definition) is 4. The number of aryl methyl sites for hydroxylation is 1. The lowest BCUT2D eigenvalue weighted by Crippen LogP contribution is -2.39. The largest absolute Gasteiger partial charge is 0.490 e. The predicted octanol–water partition coefficient (Wildman–Crippen LogP) is 2.45. The van der Waals surface area contributed by atoms with Gasteiger partial charge >= 0.3 is 0 Å². The van der Waals surface area contributed by atoms with Gasteiger partial charge in [-0.25, -0.2) is 4.39 Å². The van der Waals surface area contributed by atoms with E-state index in [2.05, 4.69) is 23.1 Å². The molecular weight excluding hydrogens is 309 g/mol. The zero-order valence-corrected chi connectivity index (χ0v) is 14.0. The van der Waals surface area contributed by atoms with Gasteiger partial charge in [0, 0.05) is 44.0 Å². The van der Waals surface area contributed by atoms with Crippen LogP contribution in [0.4, 0.5) is 4.39 Å². The van der Waals surface area contributed by atoms with Crippen molar-refractivity contribution in [2.75, 3.05) is 19.7 Å². The van der Waals surface area contributed by atoms with Crippen molar-refractivity contribution in [3.05, 3.63) is 48.0 Å². The highest BCUT2D eigenvalue weighted by Crippen LogP contribution is 2.24. The summed E-state index contributed by atoms with van der Waals surface area (Å²) in [6.07, 6.45) is 5.65. The number of aromatic nitrogens is 2. The van der Waals surface area contributed by atoms with E-state index in [0.717, 1.165) is 31.6 Å². The summed E-state index contributed by atoms with van der Waals surface area (Å²) in [5.74, 6) is 0.111. The molecule has 24 heavy (non-hydrogen) atoms. The summed E-state index contributed by atoms with van der Waals surface area (Å²) in [4.78, 5) is 2.20. The van der Waals surface area contributed by atoms with E-state index in [-0.39, 0.29) is 12.4 Å². The number of β-amino-alcohol motifs (C(OH)–C–C–N with tert-alkyl or cyclic N) is 1. The fourth-order valence-corrected chi connectivity index (χ4v) is 3.07. The van der Waals surface area contributed by atoms with Gasteiger partial charge in [0.05, 0.1) is 6.20 Å². The second-order valence-electron chi connectivity index (χ2n) is 6.54. The standard InChI is InChI=1S/C18H24FN3O2/c1-2-7-22-12-15(10-20-22)11-21-8-6-18(23,13-21)14-24-17-5-3-4-16(19)9-17/h3-5,9-10,12,23H,2,6-8,11,13-14H2,1H3/t18-/m1/s1. The van der Waals surface area contributed by atoms with E-state index >= 15 is 0 Å². The normalized spacial score (nSPS) is 21.3. The van der Waals surface area contributed by atoms with Crippen LogP contribution in [0.5, 0.6) is 5.75 Å². The maximum absolute atomic E-state index is 13.2. The minimum atomic E-state index is -0.897. The first-order chi connectivity index (χ1) is 11.6. The van der Waals surface area contributed by atoms with Gasteiger partial charge in [0.2, 0.25) is 0 Å². The molecule has 5 nitrogen and oxygen atoms in total. The summed E-state index contributed by atoms with van der Waals surface area (Å²) >= 11 is 0. The molecule has 0 saturated carbocycles. The van der Waals surface area contributed by atoms with Crippen LogP contribution in [0.2, 0.25) is 0 Å². The zero-order valence-electron chi connectivity index (χ0n) is 14.0. The van der Waals surface area contributed by atoms with E-state index in [9.17, 15) is 9.50 Å². The Hall–Kier alpha value is -1.92. The van der Waals surface area contributed by atoms with E-state index < -0.39 is 5.60 Å². The molecule has 1 aliphatic heterocycles. The van der Waals surface area contributed by atoms with Crippen molar-refractivity contribution >= 4 is 0 Å². The lowest BCUT2D eigenvalue weighted by molar-refractivity contribution is 0.00329. The van der Waals surface area contributed by atoms with Gasteiger partial charge in [-0.3, -0.25) is 9.58 Å². The first-order valence-corrected chi connectivity index (χ1v) is 8.41. The first-order valence-electron chi connectivity index (χ1n) is 8.41. The second kappa shape index (κ2) is 7.32. The molecule has 0 unspecified atom stereocenters. The number of nitrogens with zero attached hydrogens (tertiary/aromatic N) is 3. The van der Waals surface area contributed by atoms with Gasteiger partial charge in [0.1, 0.15) is 23.8 Å². The van der Waals surface area contributed by atoms with Gasteiger partial charge in [-0.15, -0.1) is 0 Å². The molecule has 1 aromatic carbocycles. The third kappa shape index (κ3) is 4.33. The average molecular weight is 333 g/mol. The molecule has 2 aromatic rings. The van der Waals surface area contributed by atoms with Crippen molar-refractivity contribution in [2.24, 2.45) is 0 Å². The van der Waals surface area contributed by atoms with Crippen molar-refractivity contribution in [1.82, 2.24) is 14.7 Å². The first kappa shape index (κ1) is 16.9. The second-order valence-corrected chi connectivity index (χ2v) is 6.54. The van der Waals surface area contributed by atoms with Gasteiger partial charge < -0.3 is 9.84 Å². The summed E-state index contributed by atoms with van der Waals surface area (Å²) < 4.78 is 20.7. The third-order valence-corrected chi connectivity index (χ3v) is 4.26. The molecule has 0 bridgehead atoms. The molecule has 1 aliphatic rings. The third-order valence-electron chi connectivity index (χ3n) is 4.26. The molecule has 6 heteroatoms. The molecule has 1 N–H and O–H groups in total. The van der Waals surface area contributed by atoms with Crippen molar-refractivity contribution in [2.45, 2.75) is 38.5 Å². The molecule has 0 aliphatic carbocycles. The molecule has 0 spiro atoms. The fraction of sp³-hybridized carbons (Fsp3) is 0.500. The van der Waals surface area contributed by atoms with Gasteiger partial charge in [-0.2, -0.15) is 5.10 Å². The van der Waals surface area contributed by atoms with Crippen LogP contribution in [-0.4, -0.2) is 45.1 Å². The highest BCUT2D eigenvalue weighted by atomic mass is 19.1. The molecule has 2 heterocycles. The number of ether oxygens (including phenoxy) is 1. The zero-order chi connectivity index (χ0) is 17.0. The van der Waals surface area contributed by atoms with E-state index in [1.807, 2.05) is 10.9 Å². The topological polar surface area (TPSA) is 50.5 Å². The van der Waals surface area contributed by atoms with Crippen LogP contribution in [-0.2, 0) is 13.1 Å². The Balaban J connectivity index is 1.51. The summed E-state index contributed by atoms with van der Waals surface area (Å²) in [6, 6.07) is 6.00. The van der Waals surface area contributed by atoms with Crippen molar-refractivity contribution in [1.29, 1.82) is 0 Å². The Bertz CT molecular complexity index is 676. The number of likely N-dealkylation sites (tertiary alicyclic amines) is 1. The Kier molecular flexibility index (Phi) is 5.16. The molecule has 1 aromatic heterocycles. The van der Waals surface area contributed by atoms with Crippen LogP contribution in [0.3, 0.4) is 0 Å². The van der Waals surface area contributed by atoms with E-state index in [1.165, 1.54) is 12.1 Å². The average Bonchev–Trinajstić information content (AvgIpc) is 3.14. The van der Waals surface area contributed by atoms with Crippen LogP contribution in [0.15, 0.2) is 36.7 Å². The minimum Gasteiger partial charge on any atom is -0.490 e. The van der Waals surface area contributed by atoms with Crippen molar-refractivity contribution in [3.63, 3.8) is 0 Å². The number of aliphatic hydroxyl groups is 1. The highest BCUT2D eigenvalue weighted by Gasteiger charge is 2.36. The summed E-state index contributed by atoms with van der Waals surface area (Å²) in [6.45, 7) is 5.34. The van der Waals surface area contributed by atoms with Crippen LogP contribution >= 0.6 is 0 Å².